The number of halogens is 3. The van der Waals surface area contributed by atoms with Crippen molar-refractivity contribution in [3.8, 4) is 17.3 Å². The summed E-state index contributed by atoms with van der Waals surface area (Å²) in [6, 6.07) is 8.16. The van der Waals surface area contributed by atoms with E-state index in [1.54, 1.807) is 30.0 Å². The molecule has 4 atom stereocenters. The fourth-order valence-electron chi connectivity index (χ4n) is 8.04. The third-order valence-electron chi connectivity index (χ3n) is 10.4. The molecule has 2 aromatic carbocycles. The van der Waals surface area contributed by atoms with Crippen molar-refractivity contribution < 1.29 is 22.7 Å². The van der Waals surface area contributed by atoms with Gasteiger partial charge >= 0.3 is 6.01 Å². The van der Waals surface area contributed by atoms with Crippen LogP contribution >= 0.6 is 0 Å². The zero-order valence-corrected chi connectivity index (χ0v) is 27.5. The lowest BCUT2D eigenvalue weighted by Crippen LogP contribution is -2.43. The first-order valence-electron chi connectivity index (χ1n) is 16.4. The molecular weight excluding hydrogens is 629 g/mol. The normalized spacial score (nSPS) is 23.5. The Labute approximate surface area is 285 Å². The molecule has 49 heavy (non-hydrogen) atoms. The predicted octanol–water partition coefficient (Wildman–Crippen LogP) is 7.36. The quantitative estimate of drug-likeness (QED) is 0.181. The Kier molecular flexibility index (Phi) is 9.17. The summed E-state index contributed by atoms with van der Waals surface area (Å²) in [6.07, 6.45) is 4.68. The molecule has 0 bridgehead atoms. The number of hydrogen-bond acceptors (Lipinski definition) is 7. The Bertz CT molecular complexity index is 1970. The highest BCUT2D eigenvalue weighted by molar-refractivity contribution is 6.04. The molecule has 2 aromatic heterocycles. The van der Waals surface area contributed by atoms with Crippen molar-refractivity contribution in [2.45, 2.75) is 70.8 Å². The summed E-state index contributed by atoms with van der Waals surface area (Å²) < 4.78 is 52.9. The second kappa shape index (κ2) is 13.1. The molecule has 8 nitrogen and oxygen atoms in total. The Hall–Kier alpha value is -4.51. The highest BCUT2D eigenvalue weighted by Gasteiger charge is 2.49. The number of pyridine rings is 1. The number of carbonyl (C=O) groups excluding carboxylic acids is 1. The molecule has 0 radical (unpaired) electrons. The summed E-state index contributed by atoms with van der Waals surface area (Å²) in [4.78, 5) is 32.3. The molecule has 0 spiro atoms. The van der Waals surface area contributed by atoms with Crippen molar-refractivity contribution in [1.29, 1.82) is 0 Å². The highest BCUT2D eigenvalue weighted by Crippen LogP contribution is 2.42. The van der Waals surface area contributed by atoms with Gasteiger partial charge in [-0.3, -0.25) is 14.7 Å². The number of benzene rings is 2. The van der Waals surface area contributed by atoms with Crippen LogP contribution < -0.4 is 9.64 Å². The molecule has 4 aromatic rings. The Balaban J connectivity index is 0.00000417. The van der Waals surface area contributed by atoms with Crippen molar-refractivity contribution >= 4 is 39.0 Å². The van der Waals surface area contributed by atoms with Gasteiger partial charge in [0.25, 0.3) is 0 Å². The van der Waals surface area contributed by atoms with Gasteiger partial charge in [-0.25, -0.2) is 13.2 Å². The number of carbonyl (C=O) groups is 1. The fourth-order valence-corrected chi connectivity index (χ4v) is 8.04. The maximum absolute atomic E-state index is 16.9. The van der Waals surface area contributed by atoms with Gasteiger partial charge in [-0.05, 0) is 62.8 Å². The van der Waals surface area contributed by atoms with Gasteiger partial charge in [0, 0.05) is 61.4 Å². The molecule has 7 rings (SSSR count). The molecule has 1 unspecified atom stereocenters. The number of fused-ring (bicyclic) bond motifs is 3. The first-order valence-corrected chi connectivity index (χ1v) is 16.4. The Morgan fingerprint density at radius 1 is 1.20 bits per heavy atom. The van der Waals surface area contributed by atoms with Gasteiger partial charge in [0.15, 0.2) is 5.82 Å². The van der Waals surface area contributed by atoms with E-state index in [2.05, 4.69) is 28.0 Å². The van der Waals surface area contributed by atoms with Gasteiger partial charge in [0.1, 0.15) is 35.6 Å². The van der Waals surface area contributed by atoms with Crippen LogP contribution in [0.2, 0.25) is 0 Å². The molecule has 0 saturated carbocycles. The van der Waals surface area contributed by atoms with Crippen LogP contribution in [-0.2, 0) is 4.79 Å². The van der Waals surface area contributed by atoms with Crippen molar-refractivity contribution in [1.82, 2.24) is 24.8 Å². The van der Waals surface area contributed by atoms with Gasteiger partial charge in [-0.2, -0.15) is 9.97 Å². The minimum atomic E-state index is -0.931. The van der Waals surface area contributed by atoms with Crippen LogP contribution in [-0.4, -0.2) is 87.7 Å². The number of anilines is 1. The molecule has 0 N–H and O–H groups in total. The molecule has 0 aliphatic carbocycles. The molecule has 3 saturated heterocycles. The van der Waals surface area contributed by atoms with E-state index in [0.717, 1.165) is 24.8 Å². The predicted molar refractivity (Wildman–Crippen MR) is 188 cm³/mol. The summed E-state index contributed by atoms with van der Waals surface area (Å²) >= 11 is 0. The highest BCUT2D eigenvalue weighted by atomic mass is 19.1. The number of allylic oxidation sites excluding steroid dienone is 1. The number of amides is 1. The number of alkyl halides is 1. The summed E-state index contributed by atoms with van der Waals surface area (Å²) in [5.74, 6) is -0.910. The number of rotatable bonds is 8. The van der Waals surface area contributed by atoms with E-state index >= 15 is 8.78 Å². The van der Waals surface area contributed by atoms with Gasteiger partial charge in [0.2, 0.25) is 5.91 Å². The molecule has 258 valence electrons. The maximum atomic E-state index is 16.9. The fraction of sp³-hybridized carbons (Fsp3) is 0.421. The first-order chi connectivity index (χ1) is 23.0. The van der Waals surface area contributed by atoms with Crippen molar-refractivity contribution in [3.63, 3.8) is 0 Å². The Morgan fingerprint density at radius 2 is 2.00 bits per heavy atom. The van der Waals surface area contributed by atoms with Gasteiger partial charge in [-0.15, -0.1) is 0 Å². The van der Waals surface area contributed by atoms with Gasteiger partial charge < -0.3 is 14.5 Å². The van der Waals surface area contributed by atoms with Crippen LogP contribution in [0, 0.1) is 11.6 Å². The van der Waals surface area contributed by atoms with Crippen LogP contribution in [0.25, 0.3) is 38.5 Å². The van der Waals surface area contributed by atoms with E-state index in [9.17, 15) is 9.18 Å². The molecule has 1 amide bonds. The van der Waals surface area contributed by atoms with Crippen LogP contribution in [0.1, 0.15) is 52.5 Å². The number of nitrogens with zero attached hydrogens (tertiary/aromatic N) is 6. The van der Waals surface area contributed by atoms with Crippen LogP contribution in [0.4, 0.5) is 19.0 Å². The standard InChI is InChI=1S/C37H39F3N6O2.CH4/c1-6-29(47)46-19-25(15-22(46)4)44(5)35-27-17-41-33(26-10-7-9-23-11-12-28(39)30(21(2)3)31(23)26)32(40)34(27)42-36(43-35)48-20-37-13-8-14-45(37)18-24(38)16-37;/h6-7,9-12,17,22,24-25H,1-2,8,13-16,18-20H2,3-5H3;1H4/t22-,24-,25+,37?;/m1./s1. The minimum absolute atomic E-state index is 0. The molecule has 11 heteroatoms. The largest absolute Gasteiger partial charge is 0.461 e. The van der Waals surface area contributed by atoms with E-state index in [1.165, 1.54) is 18.3 Å². The van der Waals surface area contributed by atoms with Crippen molar-refractivity contribution in [2.24, 2.45) is 0 Å². The maximum Gasteiger partial charge on any atom is 0.319 e. The first kappa shape index (κ1) is 34.4. The second-order valence-electron chi connectivity index (χ2n) is 13.5. The third kappa shape index (κ3) is 5.81. The van der Waals surface area contributed by atoms with Gasteiger partial charge in [0.05, 0.1) is 10.9 Å². The van der Waals surface area contributed by atoms with E-state index in [0.29, 0.717) is 59.2 Å². The molecule has 5 heterocycles. The topological polar surface area (TPSA) is 74.7 Å². The lowest BCUT2D eigenvalue weighted by molar-refractivity contribution is -0.126. The molecule has 3 aliphatic heterocycles. The van der Waals surface area contributed by atoms with Crippen LogP contribution in [0.15, 0.2) is 55.8 Å². The monoisotopic (exact) mass is 672 g/mol. The van der Waals surface area contributed by atoms with E-state index in [1.807, 2.05) is 24.9 Å². The lowest BCUT2D eigenvalue weighted by atomic mass is 9.93. The summed E-state index contributed by atoms with van der Waals surface area (Å²) in [5.41, 5.74) is 0.763. The molecular formula is C38H43F3N6O2. The summed E-state index contributed by atoms with van der Waals surface area (Å²) in [5, 5.41) is 1.59. The summed E-state index contributed by atoms with van der Waals surface area (Å²) in [7, 11) is 1.85. The Morgan fingerprint density at radius 3 is 2.76 bits per heavy atom. The number of ether oxygens (including phenoxy) is 1. The number of aromatic nitrogens is 3. The van der Waals surface area contributed by atoms with E-state index < -0.39 is 23.3 Å². The zero-order chi connectivity index (χ0) is 33.9. The van der Waals surface area contributed by atoms with E-state index in [4.69, 9.17) is 9.72 Å². The molecule has 3 aliphatic rings. The zero-order valence-electron chi connectivity index (χ0n) is 27.5. The average molecular weight is 673 g/mol. The smallest absolute Gasteiger partial charge is 0.319 e. The summed E-state index contributed by atoms with van der Waals surface area (Å²) in [6.45, 7) is 13.1. The number of hydrogen-bond donors (Lipinski definition) is 0. The second-order valence-corrected chi connectivity index (χ2v) is 13.5. The van der Waals surface area contributed by atoms with Crippen molar-refractivity contribution in [2.75, 3.05) is 38.2 Å². The average Bonchev–Trinajstić information content (AvgIpc) is 3.74. The minimum Gasteiger partial charge on any atom is -0.461 e. The van der Waals surface area contributed by atoms with Crippen LogP contribution in [0.3, 0.4) is 0 Å². The molecule has 3 fully saturated rings. The SMILES string of the molecule is C.C=CC(=O)N1C[C@@H](N(C)c2nc(OCC34CCCN3C[C@H](F)C4)nc3c(F)c(-c4cccc5ccc(F)c(C(=C)C)c45)ncc23)C[C@H]1C. The lowest BCUT2D eigenvalue weighted by Gasteiger charge is -2.31. The number of likely N-dealkylation sites (tertiary alicyclic amines) is 1. The van der Waals surface area contributed by atoms with E-state index in [-0.39, 0.29) is 49.2 Å². The van der Waals surface area contributed by atoms with Crippen molar-refractivity contribution in [3.05, 3.63) is 73.0 Å². The third-order valence-corrected chi connectivity index (χ3v) is 10.4. The van der Waals surface area contributed by atoms with Gasteiger partial charge in [-0.1, -0.05) is 44.8 Å². The van der Waals surface area contributed by atoms with Crippen LogP contribution in [0.5, 0.6) is 6.01 Å². The number of likely N-dealkylation sites (N-methyl/N-ethyl adjacent to an activating group) is 1.